The Balaban J connectivity index is 1.93. The number of hydrogen-bond donors (Lipinski definition) is 2. The van der Waals surface area contributed by atoms with Crippen LogP contribution in [-0.4, -0.2) is 35.2 Å². The molecule has 0 fully saturated rings. The Bertz CT molecular complexity index is 1260. The fraction of sp³-hybridized carbons (Fsp3) is 0.174. The van der Waals surface area contributed by atoms with E-state index in [0.29, 0.717) is 11.5 Å². The minimum absolute atomic E-state index is 0.0836. The summed E-state index contributed by atoms with van der Waals surface area (Å²) in [5.74, 6) is -0.405. The fourth-order valence-corrected chi connectivity index (χ4v) is 4.08. The number of ether oxygens (including phenoxy) is 3. The molecular formula is C23H23FN2O6S. The molecule has 0 aliphatic heterocycles. The quantitative estimate of drug-likeness (QED) is 0.480. The number of nitrogens with one attached hydrogen (secondary N) is 2. The maximum absolute atomic E-state index is 14.0. The van der Waals surface area contributed by atoms with Crippen LogP contribution in [0.1, 0.15) is 17.3 Å². The van der Waals surface area contributed by atoms with E-state index in [9.17, 15) is 17.6 Å². The van der Waals surface area contributed by atoms with Gasteiger partial charge in [-0.2, -0.15) is 0 Å². The third kappa shape index (κ3) is 5.53. The molecule has 3 rings (SSSR count). The third-order valence-corrected chi connectivity index (χ3v) is 5.94. The first-order chi connectivity index (χ1) is 15.8. The van der Waals surface area contributed by atoms with Crippen molar-refractivity contribution >= 4 is 27.3 Å². The van der Waals surface area contributed by atoms with Gasteiger partial charge in [-0.15, -0.1) is 0 Å². The topological polar surface area (TPSA) is 103 Å². The molecule has 2 N–H and O–H groups in total. The van der Waals surface area contributed by atoms with Gasteiger partial charge in [-0.1, -0.05) is 12.1 Å². The second kappa shape index (κ2) is 10.2. The first kappa shape index (κ1) is 23.9. The smallest absolute Gasteiger partial charge is 0.261 e. The molecule has 10 heteroatoms. The zero-order chi connectivity index (χ0) is 24.0. The van der Waals surface area contributed by atoms with Gasteiger partial charge in [-0.25, -0.2) is 12.8 Å². The van der Waals surface area contributed by atoms with Gasteiger partial charge in [0, 0.05) is 6.07 Å². The van der Waals surface area contributed by atoms with Crippen LogP contribution >= 0.6 is 0 Å². The lowest BCUT2D eigenvalue weighted by molar-refractivity contribution is 0.102. The van der Waals surface area contributed by atoms with Crippen LogP contribution in [0.4, 0.5) is 15.8 Å². The third-order valence-electron chi connectivity index (χ3n) is 4.56. The van der Waals surface area contributed by atoms with Crippen molar-refractivity contribution in [2.45, 2.75) is 11.8 Å². The molecule has 3 aromatic carbocycles. The molecule has 8 nitrogen and oxygen atoms in total. The van der Waals surface area contributed by atoms with Crippen molar-refractivity contribution in [1.82, 2.24) is 0 Å². The van der Waals surface area contributed by atoms with Gasteiger partial charge in [-0.05, 0) is 49.4 Å². The minimum Gasteiger partial charge on any atom is -0.493 e. The van der Waals surface area contributed by atoms with Crippen LogP contribution in [0.3, 0.4) is 0 Å². The molecule has 0 atom stereocenters. The number of hydrogen-bond acceptors (Lipinski definition) is 6. The van der Waals surface area contributed by atoms with Crippen LogP contribution in [0.5, 0.6) is 17.2 Å². The van der Waals surface area contributed by atoms with Gasteiger partial charge in [0.15, 0.2) is 11.5 Å². The highest BCUT2D eigenvalue weighted by atomic mass is 32.2. The molecule has 33 heavy (non-hydrogen) atoms. The van der Waals surface area contributed by atoms with Gasteiger partial charge in [-0.3, -0.25) is 9.52 Å². The summed E-state index contributed by atoms with van der Waals surface area (Å²) in [6, 6.07) is 14.0. The Hall–Kier alpha value is -3.79. The van der Waals surface area contributed by atoms with Crippen LogP contribution in [0.15, 0.2) is 65.6 Å². The lowest BCUT2D eigenvalue weighted by Crippen LogP contribution is -2.17. The maximum atomic E-state index is 14.0. The van der Waals surface area contributed by atoms with Crippen LogP contribution in [0.25, 0.3) is 0 Å². The number of benzene rings is 3. The Kier molecular flexibility index (Phi) is 7.39. The molecule has 0 bridgehead atoms. The van der Waals surface area contributed by atoms with E-state index < -0.39 is 21.7 Å². The van der Waals surface area contributed by atoms with Crippen molar-refractivity contribution in [3.63, 3.8) is 0 Å². The second-order valence-corrected chi connectivity index (χ2v) is 8.38. The molecule has 0 spiro atoms. The molecule has 0 aliphatic carbocycles. The van der Waals surface area contributed by atoms with E-state index in [0.717, 1.165) is 6.07 Å². The number of carbonyl (C=O) groups excluding carboxylic acids is 1. The van der Waals surface area contributed by atoms with Gasteiger partial charge in [0.25, 0.3) is 15.9 Å². The van der Waals surface area contributed by atoms with Crippen molar-refractivity contribution in [3.8, 4) is 17.2 Å². The average molecular weight is 475 g/mol. The lowest BCUT2D eigenvalue weighted by atomic mass is 10.2. The summed E-state index contributed by atoms with van der Waals surface area (Å²) in [6.45, 7) is 2.02. The lowest BCUT2D eigenvalue weighted by Gasteiger charge is -2.15. The summed E-state index contributed by atoms with van der Waals surface area (Å²) in [6.07, 6.45) is 0. The summed E-state index contributed by atoms with van der Waals surface area (Å²) in [5.41, 5.74) is 0.149. The van der Waals surface area contributed by atoms with Gasteiger partial charge < -0.3 is 19.5 Å². The predicted molar refractivity (Wildman–Crippen MR) is 122 cm³/mol. The Morgan fingerprint density at radius 3 is 2.30 bits per heavy atom. The zero-order valence-corrected chi connectivity index (χ0v) is 19.0. The van der Waals surface area contributed by atoms with Gasteiger partial charge in [0.05, 0.1) is 42.7 Å². The fourth-order valence-electron chi connectivity index (χ4n) is 3.00. The number of sulfonamides is 1. The Labute approximate surface area is 191 Å². The van der Waals surface area contributed by atoms with Gasteiger partial charge in [0.2, 0.25) is 0 Å². The van der Waals surface area contributed by atoms with Crippen molar-refractivity contribution < 1.29 is 31.8 Å². The maximum Gasteiger partial charge on any atom is 0.261 e. The van der Waals surface area contributed by atoms with Crippen molar-refractivity contribution in [3.05, 3.63) is 72.0 Å². The molecule has 0 aromatic heterocycles. The summed E-state index contributed by atoms with van der Waals surface area (Å²) in [5, 5.41) is 2.53. The monoisotopic (exact) mass is 474 g/mol. The van der Waals surface area contributed by atoms with Crippen LogP contribution in [-0.2, 0) is 10.0 Å². The minimum atomic E-state index is -4.05. The first-order valence-electron chi connectivity index (χ1n) is 9.86. The summed E-state index contributed by atoms with van der Waals surface area (Å²) in [4.78, 5) is 12.4. The summed E-state index contributed by atoms with van der Waals surface area (Å²) < 4.78 is 58.3. The van der Waals surface area contributed by atoms with Crippen LogP contribution < -0.4 is 24.2 Å². The Morgan fingerprint density at radius 1 is 0.939 bits per heavy atom. The normalized spacial score (nSPS) is 10.9. The molecule has 0 radical (unpaired) electrons. The number of anilines is 2. The van der Waals surface area contributed by atoms with Gasteiger partial charge >= 0.3 is 0 Å². The van der Waals surface area contributed by atoms with Crippen LogP contribution in [0.2, 0.25) is 0 Å². The molecule has 174 valence electrons. The van der Waals surface area contributed by atoms with Gasteiger partial charge in [0.1, 0.15) is 11.6 Å². The molecule has 0 heterocycles. The highest BCUT2D eigenvalue weighted by molar-refractivity contribution is 7.92. The molecule has 0 saturated carbocycles. The zero-order valence-electron chi connectivity index (χ0n) is 18.2. The van der Waals surface area contributed by atoms with E-state index in [2.05, 4.69) is 10.0 Å². The number of rotatable bonds is 9. The summed E-state index contributed by atoms with van der Waals surface area (Å²) >= 11 is 0. The van der Waals surface area contributed by atoms with Crippen molar-refractivity contribution in [2.24, 2.45) is 0 Å². The molecular weight excluding hydrogens is 451 g/mol. The molecule has 1 amide bonds. The number of amides is 1. The number of methoxy groups -OCH3 is 2. The predicted octanol–water partition coefficient (Wildman–Crippen LogP) is 4.29. The second-order valence-electron chi connectivity index (χ2n) is 6.70. The highest BCUT2D eigenvalue weighted by Crippen LogP contribution is 2.32. The van der Waals surface area contributed by atoms with E-state index >= 15 is 0 Å². The van der Waals surface area contributed by atoms with Crippen molar-refractivity contribution in [2.75, 3.05) is 30.9 Å². The molecule has 0 unspecified atom stereocenters. The largest absolute Gasteiger partial charge is 0.493 e. The van der Waals surface area contributed by atoms with Crippen LogP contribution in [0, 0.1) is 5.82 Å². The molecule has 3 aromatic rings. The Morgan fingerprint density at radius 2 is 1.64 bits per heavy atom. The summed E-state index contributed by atoms with van der Waals surface area (Å²) in [7, 11) is -1.14. The SMILES string of the molecule is CCOc1ccc(S(=O)(=O)Nc2ccc(OC)c(OC)c2)cc1NC(=O)c1ccccc1F. The standard InChI is InChI=1S/C23H23FN2O6S/c1-4-32-20-12-10-16(14-19(20)25-23(27)17-7-5-6-8-18(17)24)33(28,29)26-15-9-11-21(30-2)22(13-15)31-3/h5-14,26H,4H2,1-3H3,(H,25,27). The van der Waals surface area contributed by atoms with E-state index in [1.807, 2.05) is 0 Å². The van der Waals surface area contributed by atoms with E-state index in [4.69, 9.17) is 14.2 Å². The first-order valence-corrected chi connectivity index (χ1v) is 11.3. The molecule has 0 aliphatic rings. The number of carbonyl (C=O) groups is 1. The number of halogens is 1. The highest BCUT2D eigenvalue weighted by Gasteiger charge is 2.20. The molecule has 0 saturated heterocycles. The van der Waals surface area contributed by atoms with E-state index in [-0.39, 0.29) is 34.2 Å². The average Bonchev–Trinajstić information content (AvgIpc) is 2.80. The van der Waals surface area contributed by atoms with Crippen molar-refractivity contribution in [1.29, 1.82) is 0 Å². The van der Waals surface area contributed by atoms with E-state index in [1.54, 1.807) is 13.0 Å². The van der Waals surface area contributed by atoms with E-state index in [1.165, 1.54) is 62.8 Å².